The topological polar surface area (TPSA) is 111 Å². The van der Waals surface area contributed by atoms with E-state index < -0.39 is 11.9 Å². The third-order valence-corrected chi connectivity index (χ3v) is 9.62. The minimum absolute atomic E-state index is 0.0480. The number of aryl methyl sites for hydroxylation is 2. The lowest BCUT2D eigenvalue weighted by molar-refractivity contribution is -0.121. The maximum absolute atomic E-state index is 12.8. The molecular formula is C28H36N2O6S2. The molecule has 0 saturated carbocycles. The quantitative estimate of drug-likeness (QED) is 0.399. The van der Waals surface area contributed by atoms with Crippen molar-refractivity contribution >= 4 is 56.4 Å². The molecule has 0 atom stereocenters. The van der Waals surface area contributed by atoms with Crippen LogP contribution in [0.5, 0.6) is 0 Å². The predicted molar refractivity (Wildman–Crippen MR) is 150 cm³/mol. The van der Waals surface area contributed by atoms with E-state index in [1.54, 1.807) is 0 Å². The van der Waals surface area contributed by atoms with Gasteiger partial charge in [-0.05, 0) is 62.5 Å². The summed E-state index contributed by atoms with van der Waals surface area (Å²) in [4.78, 5) is 53.1. The van der Waals surface area contributed by atoms with E-state index in [4.69, 9.17) is 9.47 Å². The summed E-state index contributed by atoms with van der Waals surface area (Å²) in [6, 6.07) is 0. The smallest absolute Gasteiger partial charge is 0.341 e. The van der Waals surface area contributed by atoms with Gasteiger partial charge in [0.1, 0.15) is 10.0 Å². The summed E-state index contributed by atoms with van der Waals surface area (Å²) in [6.07, 6.45) is 11.9. The predicted octanol–water partition coefficient (Wildman–Crippen LogP) is 6.06. The van der Waals surface area contributed by atoms with Gasteiger partial charge in [-0.2, -0.15) is 0 Å². The first-order chi connectivity index (χ1) is 18.4. The molecule has 0 bridgehead atoms. The molecule has 8 nitrogen and oxygen atoms in total. The number of hydrogen-bond acceptors (Lipinski definition) is 8. The van der Waals surface area contributed by atoms with Crippen LogP contribution in [0, 0.1) is 0 Å². The van der Waals surface area contributed by atoms with Crippen LogP contribution < -0.4 is 10.6 Å². The van der Waals surface area contributed by atoms with E-state index in [9.17, 15) is 19.2 Å². The van der Waals surface area contributed by atoms with Gasteiger partial charge in [0, 0.05) is 22.6 Å². The van der Waals surface area contributed by atoms with E-state index in [0.29, 0.717) is 21.1 Å². The maximum atomic E-state index is 12.8. The van der Waals surface area contributed by atoms with Crippen LogP contribution in [-0.2, 0) is 44.7 Å². The number of fused-ring (bicyclic) bond motifs is 2. The minimum Gasteiger partial charge on any atom is -0.465 e. The Morgan fingerprint density at radius 1 is 0.605 bits per heavy atom. The molecule has 2 aliphatic carbocycles. The number of esters is 2. The van der Waals surface area contributed by atoms with Gasteiger partial charge in [0.15, 0.2) is 0 Å². The second-order valence-electron chi connectivity index (χ2n) is 9.82. The van der Waals surface area contributed by atoms with Crippen LogP contribution in [0.4, 0.5) is 10.0 Å². The Kier molecular flexibility index (Phi) is 9.96. The first kappa shape index (κ1) is 28.3. The van der Waals surface area contributed by atoms with Crippen molar-refractivity contribution < 1.29 is 28.7 Å². The first-order valence-corrected chi connectivity index (χ1v) is 15.1. The highest BCUT2D eigenvalue weighted by atomic mass is 32.1. The Hall–Kier alpha value is -2.72. The molecule has 0 spiro atoms. The zero-order valence-electron chi connectivity index (χ0n) is 22.2. The lowest BCUT2D eigenvalue weighted by Crippen LogP contribution is -2.19. The number of ether oxygens (including phenoxy) is 2. The largest absolute Gasteiger partial charge is 0.465 e. The molecule has 206 valence electrons. The number of thiophene rings is 2. The summed E-state index contributed by atoms with van der Waals surface area (Å²) in [6.45, 7) is 0. The van der Waals surface area contributed by atoms with Gasteiger partial charge < -0.3 is 20.1 Å². The molecule has 4 rings (SSSR count). The number of rotatable bonds is 7. The molecule has 2 heterocycles. The summed E-state index contributed by atoms with van der Waals surface area (Å²) in [5.74, 6) is -1.57. The average Bonchev–Trinajstić information content (AvgIpc) is 3.37. The van der Waals surface area contributed by atoms with E-state index in [2.05, 4.69) is 10.6 Å². The number of hydrogen-bond donors (Lipinski definition) is 2. The van der Waals surface area contributed by atoms with Crippen molar-refractivity contribution in [3.63, 3.8) is 0 Å². The van der Waals surface area contributed by atoms with Crippen LogP contribution in [-0.4, -0.2) is 38.0 Å². The molecule has 0 radical (unpaired) electrons. The Bertz CT molecular complexity index is 1110. The summed E-state index contributed by atoms with van der Waals surface area (Å²) in [5.41, 5.74) is 2.87. The monoisotopic (exact) mass is 560 g/mol. The van der Waals surface area contributed by atoms with Crippen molar-refractivity contribution in [1.29, 1.82) is 0 Å². The summed E-state index contributed by atoms with van der Waals surface area (Å²) >= 11 is 2.87. The molecule has 2 aromatic heterocycles. The Labute approximate surface area is 231 Å². The number of carbonyl (C=O) groups is 4. The standard InChI is InChI=1S/C28H36N2O6S2/c1-35-27(33)23-17-11-7-3-5-9-13-19(17)37-25(23)29-21(31)15-16-22(32)30-26-24(28(34)36-2)18-12-8-4-6-10-14-20(18)38-26/h3-16H2,1-2H3,(H,29,31)(H,30,32). The fraction of sp³-hybridized carbons (Fsp3) is 0.571. The van der Waals surface area contributed by atoms with Crippen molar-refractivity contribution in [1.82, 2.24) is 0 Å². The number of nitrogens with one attached hydrogen (secondary N) is 2. The Morgan fingerprint density at radius 3 is 1.34 bits per heavy atom. The van der Waals surface area contributed by atoms with Gasteiger partial charge in [-0.15, -0.1) is 22.7 Å². The van der Waals surface area contributed by atoms with E-state index in [1.807, 2.05) is 0 Å². The van der Waals surface area contributed by atoms with Gasteiger partial charge in [-0.3, -0.25) is 9.59 Å². The second-order valence-corrected chi connectivity index (χ2v) is 12.0. The third kappa shape index (κ3) is 6.64. The Balaban J connectivity index is 1.43. The fourth-order valence-electron chi connectivity index (χ4n) is 5.26. The first-order valence-electron chi connectivity index (χ1n) is 13.5. The number of amides is 2. The van der Waals surface area contributed by atoms with E-state index in [-0.39, 0.29) is 24.7 Å². The number of anilines is 2. The van der Waals surface area contributed by atoms with Gasteiger partial charge in [-0.25, -0.2) is 9.59 Å². The normalized spacial score (nSPS) is 15.5. The highest BCUT2D eigenvalue weighted by Crippen LogP contribution is 2.39. The maximum Gasteiger partial charge on any atom is 0.341 e. The van der Waals surface area contributed by atoms with E-state index in [1.165, 1.54) is 36.9 Å². The van der Waals surface area contributed by atoms with Crippen molar-refractivity contribution in [2.45, 2.75) is 89.9 Å². The average molecular weight is 561 g/mol. The van der Waals surface area contributed by atoms with E-state index in [0.717, 1.165) is 97.9 Å². The van der Waals surface area contributed by atoms with Gasteiger partial charge >= 0.3 is 11.9 Å². The fourth-order valence-corrected chi connectivity index (χ4v) is 7.84. The third-order valence-electron chi connectivity index (χ3n) is 7.21. The minimum atomic E-state index is -0.445. The van der Waals surface area contributed by atoms with Crippen LogP contribution in [0.25, 0.3) is 0 Å². The van der Waals surface area contributed by atoms with E-state index >= 15 is 0 Å². The van der Waals surface area contributed by atoms with Gasteiger partial charge in [-0.1, -0.05) is 25.7 Å². The highest BCUT2D eigenvalue weighted by Gasteiger charge is 2.27. The molecule has 0 aromatic carbocycles. The zero-order valence-corrected chi connectivity index (χ0v) is 23.8. The van der Waals surface area contributed by atoms with Crippen molar-refractivity contribution in [3.8, 4) is 0 Å². The molecular weight excluding hydrogens is 524 g/mol. The molecule has 2 N–H and O–H groups in total. The van der Waals surface area contributed by atoms with Crippen LogP contribution in [0.15, 0.2) is 0 Å². The van der Waals surface area contributed by atoms with Crippen molar-refractivity contribution in [3.05, 3.63) is 32.0 Å². The number of methoxy groups -OCH3 is 2. The van der Waals surface area contributed by atoms with Gasteiger partial charge in [0.25, 0.3) is 0 Å². The Morgan fingerprint density at radius 2 is 0.974 bits per heavy atom. The molecule has 0 aliphatic heterocycles. The van der Waals surface area contributed by atoms with Crippen LogP contribution in [0.1, 0.15) is 106 Å². The number of carbonyl (C=O) groups excluding carboxylic acids is 4. The summed E-state index contributed by atoms with van der Waals surface area (Å²) < 4.78 is 10.1. The summed E-state index contributed by atoms with van der Waals surface area (Å²) in [5, 5.41) is 6.73. The SMILES string of the molecule is COC(=O)c1c(NC(=O)CCC(=O)Nc2sc3c(c2C(=O)OC)CCCCCC3)sc2c1CCCCCC2. The molecule has 10 heteroatoms. The lowest BCUT2D eigenvalue weighted by Gasteiger charge is -2.11. The van der Waals surface area contributed by atoms with Crippen LogP contribution in [0.3, 0.4) is 0 Å². The van der Waals surface area contributed by atoms with Crippen LogP contribution in [0.2, 0.25) is 0 Å². The highest BCUT2D eigenvalue weighted by molar-refractivity contribution is 7.17. The molecule has 2 aliphatic rings. The van der Waals surface area contributed by atoms with Gasteiger partial charge in [0.05, 0.1) is 25.3 Å². The molecule has 2 amide bonds. The second kappa shape index (κ2) is 13.4. The van der Waals surface area contributed by atoms with Crippen molar-refractivity contribution in [2.75, 3.05) is 24.9 Å². The molecule has 38 heavy (non-hydrogen) atoms. The molecule has 0 saturated heterocycles. The van der Waals surface area contributed by atoms with Crippen LogP contribution >= 0.6 is 22.7 Å². The van der Waals surface area contributed by atoms with Gasteiger partial charge in [0.2, 0.25) is 11.8 Å². The summed E-state index contributed by atoms with van der Waals surface area (Å²) in [7, 11) is 2.69. The lowest BCUT2D eigenvalue weighted by atomic mass is 9.96. The molecule has 2 aromatic rings. The molecule has 0 unspecified atom stereocenters. The molecule has 0 fully saturated rings. The van der Waals surface area contributed by atoms with Crippen molar-refractivity contribution in [2.24, 2.45) is 0 Å². The zero-order chi connectivity index (χ0) is 27.1.